The number of phosphoric acid groups is 1. The number of aliphatic hydroxyl groups excluding tert-OH is 1. The number of rotatable bonds is 60. The van der Waals surface area contributed by atoms with Crippen molar-refractivity contribution in [2.45, 2.75) is 328 Å². The van der Waals surface area contributed by atoms with Crippen molar-refractivity contribution in [2.24, 2.45) is 0 Å². The monoisotopic (exact) mass is 1070 g/mol. The first-order valence-corrected chi connectivity index (χ1v) is 34.0. The van der Waals surface area contributed by atoms with Crippen molar-refractivity contribution >= 4 is 13.7 Å². The quantitative estimate of drug-likeness (QED) is 0.0272. The summed E-state index contributed by atoms with van der Waals surface area (Å²) in [5, 5.41) is 13.8. The fraction of sp³-hybridized carbons (Fsp3) is 0.864. The van der Waals surface area contributed by atoms with Gasteiger partial charge in [0.15, 0.2) is 0 Å². The van der Waals surface area contributed by atoms with E-state index < -0.39 is 26.6 Å². The van der Waals surface area contributed by atoms with Crippen LogP contribution in [0.25, 0.3) is 0 Å². The van der Waals surface area contributed by atoms with E-state index in [4.69, 9.17) is 9.05 Å². The van der Waals surface area contributed by atoms with E-state index in [0.717, 1.165) is 51.4 Å². The van der Waals surface area contributed by atoms with Gasteiger partial charge in [-0.15, -0.1) is 0 Å². The van der Waals surface area contributed by atoms with Crippen molar-refractivity contribution in [1.29, 1.82) is 0 Å². The van der Waals surface area contributed by atoms with E-state index in [1.165, 1.54) is 244 Å². The Hall–Kier alpha value is -1.54. The zero-order valence-corrected chi connectivity index (χ0v) is 51.4. The molecule has 0 radical (unpaired) electrons. The number of allylic oxidation sites excluding steroid dienone is 7. The van der Waals surface area contributed by atoms with Crippen LogP contribution < -0.4 is 10.2 Å². The largest absolute Gasteiger partial charge is 0.756 e. The molecule has 3 unspecified atom stereocenters. The maximum absolute atomic E-state index is 12.9. The summed E-state index contributed by atoms with van der Waals surface area (Å²) < 4.78 is 23.3. The molecule has 0 spiro atoms. The number of carbonyl (C=O) groups is 1. The number of hydrogen-bond donors (Lipinski definition) is 2. The third-order valence-corrected chi connectivity index (χ3v) is 15.7. The first-order chi connectivity index (χ1) is 36.5. The van der Waals surface area contributed by atoms with Gasteiger partial charge in [-0.05, 0) is 64.2 Å². The van der Waals surface area contributed by atoms with Gasteiger partial charge in [-0.3, -0.25) is 9.36 Å². The highest BCUT2D eigenvalue weighted by Crippen LogP contribution is 2.38. The number of amides is 1. The zero-order chi connectivity index (χ0) is 54.9. The highest BCUT2D eigenvalue weighted by Gasteiger charge is 2.23. The minimum atomic E-state index is -4.60. The third-order valence-electron chi connectivity index (χ3n) is 14.7. The molecule has 0 aromatic carbocycles. The maximum atomic E-state index is 12.9. The number of aliphatic hydroxyl groups is 1. The number of unbranched alkanes of at least 4 members (excludes halogenated alkanes) is 41. The molecule has 0 aromatic rings. The molecule has 9 heteroatoms. The van der Waals surface area contributed by atoms with Gasteiger partial charge in [0.2, 0.25) is 5.91 Å². The lowest BCUT2D eigenvalue weighted by Gasteiger charge is -2.29. The zero-order valence-electron chi connectivity index (χ0n) is 50.5. The Morgan fingerprint density at radius 2 is 0.760 bits per heavy atom. The molecule has 0 aliphatic heterocycles. The number of likely N-dealkylation sites (N-methyl/N-ethyl adjacent to an activating group) is 1. The topological polar surface area (TPSA) is 108 Å². The van der Waals surface area contributed by atoms with Crippen LogP contribution in [0.15, 0.2) is 48.6 Å². The van der Waals surface area contributed by atoms with Gasteiger partial charge >= 0.3 is 0 Å². The summed E-state index contributed by atoms with van der Waals surface area (Å²) in [5.41, 5.74) is 0. The van der Waals surface area contributed by atoms with E-state index in [0.29, 0.717) is 17.4 Å². The summed E-state index contributed by atoms with van der Waals surface area (Å²) in [6.45, 7) is 4.59. The molecule has 0 aliphatic carbocycles. The molecule has 8 nitrogen and oxygen atoms in total. The fourth-order valence-electron chi connectivity index (χ4n) is 9.64. The Balaban J connectivity index is 3.81. The normalized spacial score (nSPS) is 14.1. The first-order valence-electron chi connectivity index (χ1n) is 32.5. The van der Waals surface area contributed by atoms with Crippen molar-refractivity contribution in [1.82, 2.24) is 5.32 Å². The molecule has 0 bridgehead atoms. The number of nitrogens with zero attached hydrogens (tertiary/aromatic N) is 1. The number of nitrogens with one attached hydrogen (secondary N) is 1. The fourth-order valence-corrected chi connectivity index (χ4v) is 10.4. The Kier molecular flexibility index (Phi) is 56.0. The van der Waals surface area contributed by atoms with Gasteiger partial charge in [-0.1, -0.05) is 294 Å². The molecular weight excluding hydrogens is 948 g/mol. The van der Waals surface area contributed by atoms with Crippen LogP contribution in [0.2, 0.25) is 0 Å². The molecule has 0 aromatic heterocycles. The van der Waals surface area contributed by atoms with Crippen LogP contribution in [-0.2, 0) is 18.4 Å². The van der Waals surface area contributed by atoms with E-state index >= 15 is 0 Å². The third kappa shape index (κ3) is 60.0. The van der Waals surface area contributed by atoms with Gasteiger partial charge in [0.25, 0.3) is 7.82 Å². The molecule has 442 valence electrons. The van der Waals surface area contributed by atoms with Gasteiger partial charge < -0.3 is 28.8 Å². The summed E-state index contributed by atoms with van der Waals surface area (Å²) in [6.07, 6.45) is 76.9. The molecule has 0 rings (SSSR count). The van der Waals surface area contributed by atoms with Crippen molar-refractivity contribution in [3.8, 4) is 0 Å². The van der Waals surface area contributed by atoms with Crippen molar-refractivity contribution in [2.75, 3.05) is 40.9 Å². The van der Waals surface area contributed by atoms with Crippen LogP contribution in [0, 0.1) is 0 Å². The average molecular weight is 1080 g/mol. The molecule has 3 atom stereocenters. The van der Waals surface area contributed by atoms with Crippen LogP contribution in [0.5, 0.6) is 0 Å². The molecular formula is C66H127N2O6P. The van der Waals surface area contributed by atoms with Crippen LogP contribution in [-0.4, -0.2) is 68.5 Å². The number of carbonyl (C=O) groups excluding carboxylic acids is 1. The van der Waals surface area contributed by atoms with Gasteiger partial charge in [0.1, 0.15) is 13.2 Å². The van der Waals surface area contributed by atoms with Crippen LogP contribution in [0.3, 0.4) is 0 Å². The molecule has 75 heavy (non-hydrogen) atoms. The standard InChI is InChI=1S/C66H127N2O6P/c1-6-8-10-12-14-16-18-20-21-22-23-24-25-26-27-28-29-30-31-32-33-34-35-36-37-38-39-40-41-42-43-44-45-46-47-48-50-52-54-56-58-60-66(70)67-64(63-74-75(71,72)73-62-61-68(3,4)5)65(69)59-57-55-53-51-49-19-17-15-13-11-9-7-2/h13,15,22-23,49,51,57,59,64-65,69H,6-12,14,16-21,24-48,50,52-56,58,60-63H2,1-5H3,(H-,67,70,71,72)/b15-13+,23-22-,51-49+,59-57+. The summed E-state index contributed by atoms with van der Waals surface area (Å²) in [4.78, 5) is 25.4. The second kappa shape index (κ2) is 57.2. The predicted octanol–water partition coefficient (Wildman–Crippen LogP) is 19.6. The maximum Gasteiger partial charge on any atom is 0.268 e. The lowest BCUT2D eigenvalue weighted by Crippen LogP contribution is -2.45. The number of quaternary nitrogens is 1. The van der Waals surface area contributed by atoms with Crippen molar-refractivity contribution < 1.29 is 32.9 Å². The number of hydrogen-bond acceptors (Lipinski definition) is 6. The molecule has 0 fully saturated rings. The van der Waals surface area contributed by atoms with E-state index in [1.807, 2.05) is 27.2 Å². The van der Waals surface area contributed by atoms with E-state index in [9.17, 15) is 19.4 Å². The lowest BCUT2D eigenvalue weighted by molar-refractivity contribution is -0.870. The highest BCUT2D eigenvalue weighted by atomic mass is 31.2. The molecule has 0 aliphatic rings. The Morgan fingerprint density at radius 3 is 1.12 bits per heavy atom. The average Bonchev–Trinajstić information content (AvgIpc) is 3.37. The second-order valence-electron chi connectivity index (χ2n) is 23.4. The summed E-state index contributed by atoms with van der Waals surface area (Å²) >= 11 is 0. The van der Waals surface area contributed by atoms with Crippen LogP contribution in [0.1, 0.15) is 316 Å². The Bertz CT molecular complexity index is 1360. The van der Waals surface area contributed by atoms with E-state index in [2.05, 4.69) is 55.6 Å². The molecule has 0 saturated carbocycles. The number of phosphoric ester groups is 1. The minimum Gasteiger partial charge on any atom is -0.756 e. The SMILES string of the molecule is CCCC/C=C/CC/C=C/CC/C=C/C(O)C(COP(=O)([O-])OCC[N+](C)(C)C)NC(=O)CCCCCCCCCCCCCCCCCCCCCCCCCCCCCCC/C=C\CCCCCCCCCC. The van der Waals surface area contributed by atoms with Crippen molar-refractivity contribution in [3.63, 3.8) is 0 Å². The molecule has 0 saturated heterocycles. The summed E-state index contributed by atoms with van der Waals surface area (Å²) in [7, 11) is 1.24. The second-order valence-corrected chi connectivity index (χ2v) is 24.9. The summed E-state index contributed by atoms with van der Waals surface area (Å²) in [5.74, 6) is -0.208. The Morgan fingerprint density at radius 1 is 0.453 bits per heavy atom. The van der Waals surface area contributed by atoms with E-state index in [1.54, 1.807) is 6.08 Å². The predicted molar refractivity (Wildman–Crippen MR) is 325 cm³/mol. The Labute approximate surface area is 467 Å². The summed E-state index contributed by atoms with van der Waals surface area (Å²) in [6, 6.07) is -0.908. The van der Waals surface area contributed by atoms with Crippen molar-refractivity contribution in [3.05, 3.63) is 48.6 Å². The van der Waals surface area contributed by atoms with Gasteiger partial charge in [-0.2, -0.15) is 0 Å². The van der Waals surface area contributed by atoms with Crippen LogP contribution in [0.4, 0.5) is 0 Å². The lowest BCUT2D eigenvalue weighted by atomic mass is 10.0. The van der Waals surface area contributed by atoms with Crippen LogP contribution >= 0.6 is 7.82 Å². The molecule has 2 N–H and O–H groups in total. The van der Waals surface area contributed by atoms with Gasteiger partial charge in [-0.25, -0.2) is 0 Å². The smallest absolute Gasteiger partial charge is 0.268 e. The highest BCUT2D eigenvalue weighted by molar-refractivity contribution is 7.45. The first kappa shape index (κ1) is 73.5. The van der Waals surface area contributed by atoms with E-state index in [-0.39, 0.29) is 12.5 Å². The van der Waals surface area contributed by atoms with Gasteiger partial charge in [0, 0.05) is 6.42 Å². The molecule has 0 heterocycles. The minimum absolute atomic E-state index is 0.00832. The molecule has 1 amide bonds. The van der Waals surface area contributed by atoms with Gasteiger partial charge in [0.05, 0.1) is 39.9 Å².